The summed E-state index contributed by atoms with van der Waals surface area (Å²) in [6.07, 6.45) is 1.03. The van der Waals surface area contributed by atoms with E-state index in [1.165, 1.54) is 0 Å². The molecule has 2 nitrogen and oxygen atoms in total. The van der Waals surface area contributed by atoms with Crippen LogP contribution < -0.4 is 5.32 Å². The minimum atomic E-state index is -0.0539. The summed E-state index contributed by atoms with van der Waals surface area (Å²) < 4.78 is 0. The number of phenols is 1. The molecule has 0 spiro atoms. The van der Waals surface area contributed by atoms with E-state index in [4.69, 9.17) is 23.2 Å². The summed E-state index contributed by atoms with van der Waals surface area (Å²) in [7, 11) is 0. The highest BCUT2D eigenvalue weighted by Crippen LogP contribution is 2.32. The molecule has 0 saturated carbocycles. The zero-order valence-electron chi connectivity index (χ0n) is 9.77. The van der Waals surface area contributed by atoms with Gasteiger partial charge in [-0.3, -0.25) is 0 Å². The Kier molecular flexibility index (Phi) is 4.48. The van der Waals surface area contributed by atoms with Gasteiger partial charge in [-0.25, -0.2) is 0 Å². The molecule has 0 saturated heterocycles. The highest BCUT2D eigenvalue weighted by molar-refractivity contribution is 6.37. The van der Waals surface area contributed by atoms with Crippen molar-refractivity contribution in [3.63, 3.8) is 0 Å². The van der Waals surface area contributed by atoms with Crippen LogP contribution in [0, 0.1) is 0 Å². The van der Waals surface area contributed by atoms with Gasteiger partial charge >= 0.3 is 0 Å². The second kappa shape index (κ2) is 5.26. The molecule has 0 aliphatic carbocycles. The van der Waals surface area contributed by atoms with Crippen LogP contribution in [0.2, 0.25) is 10.0 Å². The quantitative estimate of drug-likeness (QED) is 0.860. The van der Waals surface area contributed by atoms with E-state index >= 15 is 0 Å². The second-order valence-electron chi connectivity index (χ2n) is 4.50. The summed E-state index contributed by atoms with van der Waals surface area (Å²) >= 11 is 11.7. The van der Waals surface area contributed by atoms with Gasteiger partial charge in [0, 0.05) is 12.1 Å². The molecular formula is C12H17Cl2NO. The van der Waals surface area contributed by atoms with Crippen molar-refractivity contribution >= 4 is 23.2 Å². The Bertz CT molecular complexity index is 354. The van der Waals surface area contributed by atoms with Crippen LogP contribution in [-0.2, 0) is 6.54 Å². The van der Waals surface area contributed by atoms with Crippen LogP contribution in [0.5, 0.6) is 5.75 Å². The van der Waals surface area contributed by atoms with Crippen LogP contribution in [0.1, 0.15) is 32.8 Å². The molecule has 0 heterocycles. The number of hydrogen-bond acceptors (Lipinski definition) is 2. The number of rotatable bonds is 4. The zero-order valence-corrected chi connectivity index (χ0v) is 11.3. The van der Waals surface area contributed by atoms with Crippen molar-refractivity contribution in [2.75, 3.05) is 0 Å². The highest BCUT2D eigenvalue weighted by Gasteiger charge is 2.14. The highest BCUT2D eigenvalue weighted by atomic mass is 35.5. The topological polar surface area (TPSA) is 32.3 Å². The lowest BCUT2D eigenvalue weighted by Crippen LogP contribution is -2.37. The molecular weight excluding hydrogens is 245 g/mol. The standard InChI is InChI=1S/C12H17Cl2NO/c1-4-12(2,3)15-7-8-5-9(13)11(16)10(14)6-8/h5-6,15-16H,4,7H2,1-3H3. The molecule has 1 rings (SSSR count). The van der Waals surface area contributed by atoms with Gasteiger partial charge in [0.2, 0.25) is 0 Å². The molecule has 0 aromatic heterocycles. The Morgan fingerprint density at radius 3 is 2.19 bits per heavy atom. The average molecular weight is 262 g/mol. The number of phenolic OH excluding ortho intramolecular Hbond substituents is 1. The van der Waals surface area contributed by atoms with Gasteiger partial charge in [-0.1, -0.05) is 30.1 Å². The molecule has 1 aromatic carbocycles. The molecule has 90 valence electrons. The smallest absolute Gasteiger partial charge is 0.152 e. The second-order valence-corrected chi connectivity index (χ2v) is 5.31. The molecule has 0 bridgehead atoms. The zero-order chi connectivity index (χ0) is 12.3. The summed E-state index contributed by atoms with van der Waals surface area (Å²) in [6, 6.07) is 3.45. The van der Waals surface area contributed by atoms with E-state index in [9.17, 15) is 5.11 Å². The van der Waals surface area contributed by atoms with E-state index < -0.39 is 0 Å². The molecule has 0 atom stereocenters. The first kappa shape index (κ1) is 13.6. The van der Waals surface area contributed by atoms with Crippen molar-refractivity contribution in [1.82, 2.24) is 5.32 Å². The number of hydrogen-bond donors (Lipinski definition) is 2. The van der Waals surface area contributed by atoms with E-state index in [0.717, 1.165) is 12.0 Å². The number of nitrogens with one attached hydrogen (secondary N) is 1. The molecule has 0 radical (unpaired) electrons. The Morgan fingerprint density at radius 1 is 1.25 bits per heavy atom. The van der Waals surface area contributed by atoms with Gasteiger partial charge in [-0.05, 0) is 38.0 Å². The molecule has 0 fully saturated rings. The van der Waals surface area contributed by atoms with Gasteiger partial charge in [0.25, 0.3) is 0 Å². The Morgan fingerprint density at radius 2 is 1.75 bits per heavy atom. The first-order valence-corrected chi connectivity index (χ1v) is 6.03. The van der Waals surface area contributed by atoms with Crippen LogP contribution >= 0.6 is 23.2 Å². The minimum Gasteiger partial charge on any atom is -0.505 e. The van der Waals surface area contributed by atoms with Crippen molar-refractivity contribution in [3.8, 4) is 5.75 Å². The normalized spacial score (nSPS) is 11.8. The average Bonchev–Trinajstić information content (AvgIpc) is 2.23. The van der Waals surface area contributed by atoms with E-state index in [1.54, 1.807) is 12.1 Å². The van der Waals surface area contributed by atoms with E-state index in [1.807, 2.05) is 0 Å². The number of halogens is 2. The number of aromatic hydroxyl groups is 1. The summed E-state index contributed by atoms with van der Waals surface area (Å²) in [5.41, 5.74) is 1.05. The fourth-order valence-corrected chi connectivity index (χ4v) is 1.72. The summed E-state index contributed by atoms with van der Waals surface area (Å²) in [4.78, 5) is 0. The molecule has 16 heavy (non-hydrogen) atoms. The first-order valence-electron chi connectivity index (χ1n) is 5.27. The Labute approximate surface area is 107 Å². The predicted octanol–water partition coefficient (Wildman–Crippen LogP) is 3.98. The van der Waals surface area contributed by atoms with Gasteiger partial charge in [0.05, 0.1) is 10.0 Å². The monoisotopic (exact) mass is 261 g/mol. The van der Waals surface area contributed by atoms with Crippen molar-refractivity contribution in [1.29, 1.82) is 0 Å². The van der Waals surface area contributed by atoms with Gasteiger partial charge in [-0.15, -0.1) is 0 Å². The maximum Gasteiger partial charge on any atom is 0.152 e. The fourth-order valence-electron chi connectivity index (χ4n) is 1.19. The van der Waals surface area contributed by atoms with Crippen LogP contribution in [0.15, 0.2) is 12.1 Å². The molecule has 0 aliphatic heterocycles. The van der Waals surface area contributed by atoms with Gasteiger partial charge in [-0.2, -0.15) is 0 Å². The van der Waals surface area contributed by atoms with Crippen molar-refractivity contribution < 1.29 is 5.11 Å². The largest absolute Gasteiger partial charge is 0.505 e. The molecule has 0 amide bonds. The van der Waals surface area contributed by atoms with Gasteiger partial charge in [0.15, 0.2) is 5.75 Å². The van der Waals surface area contributed by atoms with Crippen LogP contribution in [0.3, 0.4) is 0 Å². The Balaban J connectivity index is 2.76. The maximum absolute atomic E-state index is 9.42. The third kappa shape index (κ3) is 3.55. The van der Waals surface area contributed by atoms with Crippen molar-refractivity contribution in [2.45, 2.75) is 39.3 Å². The Hall–Kier alpha value is -0.440. The predicted molar refractivity (Wildman–Crippen MR) is 69.3 cm³/mol. The van der Waals surface area contributed by atoms with E-state index in [0.29, 0.717) is 16.6 Å². The number of benzene rings is 1. The van der Waals surface area contributed by atoms with E-state index in [-0.39, 0.29) is 11.3 Å². The van der Waals surface area contributed by atoms with E-state index in [2.05, 4.69) is 26.1 Å². The summed E-state index contributed by atoms with van der Waals surface area (Å²) in [6.45, 7) is 7.08. The molecule has 0 aliphatic rings. The van der Waals surface area contributed by atoms with Crippen LogP contribution in [0.25, 0.3) is 0 Å². The molecule has 0 unspecified atom stereocenters. The summed E-state index contributed by atoms with van der Waals surface area (Å²) in [5, 5.41) is 13.4. The maximum atomic E-state index is 9.42. The van der Waals surface area contributed by atoms with Crippen molar-refractivity contribution in [3.05, 3.63) is 27.7 Å². The lowest BCUT2D eigenvalue weighted by atomic mass is 10.0. The first-order chi connectivity index (χ1) is 7.35. The fraction of sp³-hybridized carbons (Fsp3) is 0.500. The molecule has 2 N–H and O–H groups in total. The SMILES string of the molecule is CCC(C)(C)NCc1cc(Cl)c(O)c(Cl)c1. The lowest BCUT2D eigenvalue weighted by Gasteiger charge is -2.24. The summed E-state index contributed by atoms with van der Waals surface area (Å²) in [5.74, 6) is -0.0539. The minimum absolute atomic E-state index is 0.0539. The van der Waals surface area contributed by atoms with Gasteiger partial charge < -0.3 is 10.4 Å². The van der Waals surface area contributed by atoms with Crippen LogP contribution in [-0.4, -0.2) is 10.6 Å². The third-order valence-electron chi connectivity index (χ3n) is 2.73. The molecule has 1 aromatic rings. The van der Waals surface area contributed by atoms with Crippen LogP contribution in [0.4, 0.5) is 0 Å². The van der Waals surface area contributed by atoms with Gasteiger partial charge in [0.1, 0.15) is 0 Å². The molecule has 4 heteroatoms. The third-order valence-corrected chi connectivity index (χ3v) is 3.31. The lowest BCUT2D eigenvalue weighted by molar-refractivity contribution is 0.374. The van der Waals surface area contributed by atoms with Crippen molar-refractivity contribution in [2.24, 2.45) is 0 Å².